The maximum atomic E-state index is 14.0. The SMILES string of the molecule is O=C(NCC1=C(F)CCC=C1F)c1ccc2c(c1)OCCN2Cc1ccc(-c2ccccc2C(=O)O)cc1. The molecule has 2 N–H and O–H groups in total. The van der Waals surface area contributed by atoms with Crippen molar-refractivity contribution in [2.75, 3.05) is 24.6 Å². The fourth-order valence-electron chi connectivity index (χ4n) is 4.69. The van der Waals surface area contributed by atoms with Gasteiger partial charge in [-0.05, 0) is 53.5 Å². The number of ether oxygens (including phenoxy) is 1. The Morgan fingerprint density at radius 1 is 1.03 bits per heavy atom. The minimum absolute atomic E-state index is 0.109. The third-order valence-electron chi connectivity index (χ3n) is 6.71. The molecule has 1 aliphatic carbocycles. The van der Waals surface area contributed by atoms with Gasteiger partial charge in [0.25, 0.3) is 5.91 Å². The van der Waals surface area contributed by atoms with Crippen LogP contribution in [0.2, 0.25) is 0 Å². The van der Waals surface area contributed by atoms with Gasteiger partial charge in [0.1, 0.15) is 24.0 Å². The van der Waals surface area contributed by atoms with E-state index < -0.39 is 23.5 Å². The highest BCUT2D eigenvalue weighted by Crippen LogP contribution is 2.34. The number of nitrogens with zero attached hydrogens (tertiary/aromatic N) is 1. The highest BCUT2D eigenvalue weighted by Gasteiger charge is 2.22. The first-order valence-electron chi connectivity index (χ1n) is 12.4. The van der Waals surface area contributed by atoms with Gasteiger partial charge in [0.05, 0.1) is 17.8 Å². The Morgan fingerprint density at radius 2 is 1.82 bits per heavy atom. The van der Waals surface area contributed by atoms with Gasteiger partial charge in [-0.3, -0.25) is 4.79 Å². The highest BCUT2D eigenvalue weighted by molar-refractivity contribution is 5.96. The zero-order valence-electron chi connectivity index (χ0n) is 20.5. The van der Waals surface area contributed by atoms with Gasteiger partial charge in [-0.1, -0.05) is 42.5 Å². The zero-order valence-corrected chi connectivity index (χ0v) is 20.5. The summed E-state index contributed by atoms with van der Waals surface area (Å²) in [4.78, 5) is 26.4. The van der Waals surface area contributed by atoms with Gasteiger partial charge in [-0.2, -0.15) is 0 Å². The Kier molecular flexibility index (Phi) is 7.22. The highest BCUT2D eigenvalue weighted by atomic mass is 19.1. The number of hydrogen-bond acceptors (Lipinski definition) is 4. The lowest BCUT2D eigenvalue weighted by molar-refractivity contribution is 0.0697. The van der Waals surface area contributed by atoms with E-state index >= 15 is 0 Å². The van der Waals surface area contributed by atoms with Crippen molar-refractivity contribution in [2.24, 2.45) is 0 Å². The van der Waals surface area contributed by atoms with Gasteiger partial charge in [0, 0.05) is 30.6 Å². The number of amides is 1. The van der Waals surface area contributed by atoms with Crippen LogP contribution >= 0.6 is 0 Å². The quantitative estimate of drug-likeness (QED) is 0.400. The van der Waals surface area contributed by atoms with Crippen LogP contribution in [0.5, 0.6) is 5.75 Å². The van der Waals surface area contributed by atoms with E-state index in [1.165, 1.54) is 6.08 Å². The van der Waals surface area contributed by atoms with E-state index in [4.69, 9.17) is 4.74 Å². The molecule has 2 aliphatic rings. The molecule has 0 aromatic heterocycles. The van der Waals surface area contributed by atoms with Crippen LogP contribution < -0.4 is 15.0 Å². The van der Waals surface area contributed by atoms with E-state index in [9.17, 15) is 23.5 Å². The minimum Gasteiger partial charge on any atom is -0.490 e. The van der Waals surface area contributed by atoms with Gasteiger partial charge in [0.15, 0.2) is 0 Å². The van der Waals surface area contributed by atoms with Crippen LogP contribution in [-0.2, 0) is 6.54 Å². The fraction of sp³-hybridized carbons (Fsp3) is 0.200. The van der Waals surface area contributed by atoms with Crippen molar-refractivity contribution < 1.29 is 28.2 Å². The number of fused-ring (bicyclic) bond motifs is 1. The van der Waals surface area contributed by atoms with Crippen LogP contribution in [0.15, 0.2) is 90.0 Å². The molecule has 8 heteroatoms. The number of carboxylic acid groups (broad SMARTS) is 1. The third kappa shape index (κ3) is 5.29. The van der Waals surface area contributed by atoms with Gasteiger partial charge in [0.2, 0.25) is 0 Å². The normalized spacial score (nSPS) is 14.9. The van der Waals surface area contributed by atoms with Gasteiger partial charge in [-0.25, -0.2) is 13.6 Å². The summed E-state index contributed by atoms with van der Waals surface area (Å²) in [7, 11) is 0. The second kappa shape index (κ2) is 10.9. The molecule has 0 saturated heterocycles. The van der Waals surface area contributed by atoms with E-state index in [2.05, 4.69) is 10.2 Å². The number of carboxylic acids is 1. The average Bonchev–Trinajstić information content (AvgIpc) is 2.93. The summed E-state index contributed by atoms with van der Waals surface area (Å²) in [5.41, 5.74) is 3.84. The molecule has 0 fully saturated rings. The predicted octanol–water partition coefficient (Wildman–Crippen LogP) is 6.05. The average molecular weight is 517 g/mol. The Labute approximate surface area is 218 Å². The van der Waals surface area contributed by atoms with Gasteiger partial charge >= 0.3 is 5.97 Å². The van der Waals surface area contributed by atoms with E-state index in [1.807, 2.05) is 36.4 Å². The first-order chi connectivity index (χ1) is 18.4. The number of carbonyl (C=O) groups excluding carboxylic acids is 1. The number of nitrogens with one attached hydrogen (secondary N) is 1. The van der Waals surface area contributed by atoms with Crippen LogP contribution in [0.1, 0.15) is 39.1 Å². The minimum atomic E-state index is -0.968. The first kappa shape index (κ1) is 25.2. The number of anilines is 1. The van der Waals surface area contributed by atoms with Crippen LogP contribution in [0.3, 0.4) is 0 Å². The van der Waals surface area contributed by atoms with E-state index in [1.54, 1.807) is 30.3 Å². The molecule has 0 atom stereocenters. The van der Waals surface area contributed by atoms with Crippen LogP contribution in [0, 0.1) is 0 Å². The number of hydrogen-bond donors (Lipinski definition) is 2. The summed E-state index contributed by atoms with van der Waals surface area (Å²) in [6.45, 7) is 1.48. The van der Waals surface area contributed by atoms with Crippen LogP contribution in [0.25, 0.3) is 11.1 Å². The molecule has 1 heterocycles. The smallest absolute Gasteiger partial charge is 0.336 e. The lowest BCUT2D eigenvalue weighted by Crippen LogP contribution is -2.32. The zero-order chi connectivity index (χ0) is 26.6. The molecule has 0 radical (unpaired) electrons. The monoisotopic (exact) mass is 516 g/mol. The summed E-state index contributed by atoms with van der Waals surface area (Å²) in [6, 6.07) is 19.8. The maximum absolute atomic E-state index is 14.0. The van der Waals surface area contributed by atoms with Crippen molar-refractivity contribution in [3.05, 3.63) is 107 Å². The molecule has 3 aromatic carbocycles. The fourth-order valence-corrected chi connectivity index (χ4v) is 4.69. The second-order valence-electron chi connectivity index (χ2n) is 9.16. The molecule has 5 rings (SSSR count). The molecule has 0 unspecified atom stereocenters. The van der Waals surface area contributed by atoms with E-state index in [-0.39, 0.29) is 24.1 Å². The van der Waals surface area contributed by atoms with Gasteiger partial charge in [-0.15, -0.1) is 0 Å². The lowest BCUT2D eigenvalue weighted by atomic mass is 9.98. The number of allylic oxidation sites excluding steroid dienone is 2. The Hall–Kier alpha value is -4.46. The summed E-state index contributed by atoms with van der Waals surface area (Å²) in [6.07, 6.45) is 1.78. The Bertz CT molecular complexity index is 1450. The largest absolute Gasteiger partial charge is 0.490 e. The van der Waals surface area contributed by atoms with E-state index in [0.29, 0.717) is 43.0 Å². The molecule has 0 bridgehead atoms. The van der Waals surface area contributed by atoms with Crippen molar-refractivity contribution in [2.45, 2.75) is 19.4 Å². The number of aromatic carboxylic acids is 1. The molecular formula is C30H26F2N2O4. The van der Waals surface area contributed by atoms with E-state index in [0.717, 1.165) is 16.8 Å². The maximum Gasteiger partial charge on any atom is 0.336 e. The van der Waals surface area contributed by atoms with Crippen LogP contribution in [-0.4, -0.2) is 36.7 Å². The Morgan fingerprint density at radius 3 is 2.58 bits per heavy atom. The molecular weight excluding hydrogens is 490 g/mol. The Balaban J connectivity index is 1.28. The molecule has 3 aromatic rings. The van der Waals surface area contributed by atoms with Crippen molar-refractivity contribution in [1.82, 2.24) is 5.32 Å². The summed E-state index contributed by atoms with van der Waals surface area (Å²) in [5.74, 6) is -2.01. The lowest BCUT2D eigenvalue weighted by Gasteiger charge is -2.31. The van der Waals surface area contributed by atoms with Crippen molar-refractivity contribution >= 4 is 17.6 Å². The number of benzene rings is 3. The van der Waals surface area contributed by atoms with Crippen molar-refractivity contribution in [3.63, 3.8) is 0 Å². The number of halogens is 2. The third-order valence-corrected chi connectivity index (χ3v) is 6.71. The predicted molar refractivity (Wildman–Crippen MR) is 141 cm³/mol. The molecule has 0 saturated carbocycles. The number of rotatable bonds is 7. The molecule has 38 heavy (non-hydrogen) atoms. The standard InChI is InChI=1S/C30H26F2N2O4/c31-25-6-3-7-26(32)24(25)17-33-29(35)21-12-13-27-28(16-21)38-15-14-34(27)18-19-8-10-20(11-9-19)22-4-1-2-5-23(22)30(36)37/h1-2,4-6,8-13,16H,3,7,14-15,17-18H2,(H,33,35)(H,36,37). The molecule has 194 valence electrons. The summed E-state index contributed by atoms with van der Waals surface area (Å²) >= 11 is 0. The van der Waals surface area contributed by atoms with Crippen molar-refractivity contribution in [3.8, 4) is 16.9 Å². The molecule has 1 aliphatic heterocycles. The van der Waals surface area contributed by atoms with Crippen molar-refractivity contribution in [1.29, 1.82) is 0 Å². The topological polar surface area (TPSA) is 78.9 Å². The number of carbonyl (C=O) groups is 2. The summed E-state index contributed by atoms with van der Waals surface area (Å²) < 4.78 is 33.7. The first-order valence-corrected chi connectivity index (χ1v) is 12.4. The molecule has 6 nitrogen and oxygen atoms in total. The van der Waals surface area contributed by atoms with Crippen LogP contribution in [0.4, 0.5) is 14.5 Å². The molecule has 1 amide bonds. The van der Waals surface area contributed by atoms with Gasteiger partial charge < -0.3 is 20.1 Å². The second-order valence-corrected chi connectivity index (χ2v) is 9.16. The summed E-state index contributed by atoms with van der Waals surface area (Å²) in [5, 5.41) is 12.1. The molecule has 0 spiro atoms.